The van der Waals surface area contributed by atoms with Gasteiger partial charge in [-0.05, 0) is 43.9 Å². The average molecular weight is 388 g/mol. The summed E-state index contributed by atoms with van der Waals surface area (Å²) in [5.74, 6) is 0.242. The Morgan fingerprint density at radius 3 is 2.76 bits per heavy atom. The van der Waals surface area contributed by atoms with Crippen LogP contribution in [0.15, 0.2) is 24.3 Å². The summed E-state index contributed by atoms with van der Waals surface area (Å²) in [6.45, 7) is 5.19. The molecule has 1 fully saturated rings. The second kappa shape index (κ2) is 8.79. The number of pyridine rings is 1. The zero-order chi connectivity index (χ0) is 16.6. The number of carbonyl (C=O) groups is 1. The number of amides is 1. The summed E-state index contributed by atoms with van der Waals surface area (Å²) in [6, 6.07) is 6.33. The Balaban J connectivity index is 0.00000156. The lowest BCUT2D eigenvalue weighted by Crippen LogP contribution is -2.49. The minimum absolute atomic E-state index is 0. The van der Waals surface area contributed by atoms with Crippen LogP contribution < -0.4 is 5.73 Å². The van der Waals surface area contributed by atoms with Gasteiger partial charge in [0.1, 0.15) is 5.82 Å². The molecule has 2 N–H and O–H groups in total. The maximum absolute atomic E-state index is 13.3. The Kier molecular flexibility index (Phi) is 7.60. The van der Waals surface area contributed by atoms with Crippen molar-refractivity contribution < 1.29 is 9.18 Å². The van der Waals surface area contributed by atoms with Gasteiger partial charge in [0.25, 0.3) is 5.91 Å². The van der Waals surface area contributed by atoms with Crippen molar-refractivity contribution in [1.29, 1.82) is 0 Å². The number of likely N-dealkylation sites (tertiary alicyclic amines) is 1. The fourth-order valence-corrected chi connectivity index (χ4v) is 3.35. The number of rotatable bonds is 2. The molecule has 2 atom stereocenters. The zero-order valence-electron chi connectivity index (χ0n) is 14.4. The lowest BCUT2D eigenvalue weighted by Gasteiger charge is -2.38. The predicted octanol–water partition coefficient (Wildman–Crippen LogP) is 3.73. The Labute approximate surface area is 159 Å². The normalized spacial score (nSPS) is 19.9. The molecule has 0 spiro atoms. The van der Waals surface area contributed by atoms with E-state index in [0.29, 0.717) is 29.2 Å². The molecule has 25 heavy (non-hydrogen) atoms. The third kappa shape index (κ3) is 4.40. The van der Waals surface area contributed by atoms with E-state index in [-0.39, 0.29) is 42.6 Å². The van der Waals surface area contributed by atoms with Crippen LogP contribution in [0.1, 0.15) is 35.8 Å². The second-order valence-corrected chi connectivity index (χ2v) is 6.48. The number of aryl methyl sites for hydroxylation is 1. The highest BCUT2D eigenvalue weighted by molar-refractivity contribution is 5.98. The van der Waals surface area contributed by atoms with Crippen LogP contribution in [-0.2, 0) is 0 Å². The molecule has 2 heterocycles. The van der Waals surface area contributed by atoms with E-state index < -0.39 is 0 Å². The molecule has 0 aliphatic carbocycles. The van der Waals surface area contributed by atoms with E-state index in [1.165, 1.54) is 12.1 Å². The van der Waals surface area contributed by atoms with E-state index in [9.17, 15) is 9.18 Å². The fourth-order valence-electron chi connectivity index (χ4n) is 3.35. The van der Waals surface area contributed by atoms with Gasteiger partial charge in [-0.2, -0.15) is 0 Å². The van der Waals surface area contributed by atoms with E-state index in [2.05, 4.69) is 11.9 Å². The highest BCUT2D eigenvalue weighted by Gasteiger charge is 2.30. The van der Waals surface area contributed by atoms with Gasteiger partial charge < -0.3 is 10.6 Å². The number of halogens is 3. The molecule has 1 amide bonds. The maximum atomic E-state index is 13.3. The van der Waals surface area contributed by atoms with Gasteiger partial charge in [0.15, 0.2) is 0 Å². The van der Waals surface area contributed by atoms with Gasteiger partial charge in [0.05, 0.1) is 16.8 Å². The number of nitrogens with zero attached hydrogens (tertiary/aromatic N) is 2. The first-order valence-electron chi connectivity index (χ1n) is 8.07. The molecule has 3 rings (SSSR count). The van der Waals surface area contributed by atoms with Gasteiger partial charge in [-0.3, -0.25) is 9.78 Å². The molecule has 1 aliphatic rings. The summed E-state index contributed by atoms with van der Waals surface area (Å²) in [7, 11) is 0. The highest BCUT2D eigenvalue weighted by Crippen LogP contribution is 2.25. The van der Waals surface area contributed by atoms with Gasteiger partial charge in [0.2, 0.25) is 0 Å². The van der Waals surface area contributed by atoms with Crippen LogP contribution in [0, 0.1) is 18.7 Å². The van der Waals surface area contributed by atoms with Gasteiger partial charge in [-0.15, -0.1) is 24.8 Å². The Morgan fingerprint density at radius 2 is 2.08 bits per heavy atom. The SMILES string of the molecule is Cc1nc2cc(F)ccc2cc1C(=O)N1CCC(C)CC1CN.Cl.Cl. The summed E-state index contributed by atoms with van der Waals surface area (Å²) in [4.78, 5) is 19.2. The molecule has 2 unspecified atom stereocenters. The number of hydrogen-bond donors (Lipinski definition) is 1. The van der Waals surface area contributed by atoms with Crippen LogP contribution in [0.4, 0.5) is 4.39 Å². The third-order valence-corrected chi connectivity index (χ3v) is 4.71. The topological polar surface area (TPSA) is 59.2 Å². The van der Waals surface area contributed by atoms with Crippen LogP contribution in [0.3, 0.4) is 0 Å². The van der Waals surface area contributed by atoms with Gasteiger partial charge in [-0.1, -0.05) is 6.92 Å². The Bertz CT molecular complexity index is 756. The quantitative estimate of drug-likeness (QED) is 0.853. The average Bonchev–Trinajstić information content (AvgIpc) is 2.53. The molecule has 4 nitrogen and oxygen atoms in total. The summed E-state index contributed by atoms with van der Waals surface area (Å²) in [5.41, 5.74) is 7.64. The predicted molar refractivity (Wildman–Crippen MR) is 103 cm³/mol. The van der Waals surface area contributed by atoms with Crippen molar-refractivity contribution in [2.75, 3.05) is 13.1 Å². The monoisotopic (exact) mass is 387 g/mol. The van der Waals surface area contributed by atoms with E-state index >= 15 is 0 Å². The molecule has 1 saturated heterocycles. The Hall–Kier alpha value is -1.43. The smallest absolute Gasteiger partial charge is 0.256 e. The van der Waals surface area contributed by atoms with Crippen LogP contribution >= 0.6 is 24.8 Å². The lowest BCUT2D eigenvalue weighted by atomic mass is 9.91. The van der Waals surface area contributed by atoms with Crippen molar-refractivity contribution >= 4 is 41.6 Å². The van der Waals surface area contributed by atoms with Gasteiger partial charge in [0, 0.05) is 30.6 Å². The molecule has 138 valence electrons. The summed E-state index contributed by atoms with van der Waals surface area (Å²) in [6.07, 6.45) is 1.93. The van der Waals surface area contributed by atoms with Crippen LogP contribution in [0.25, 0.3) is 10.9 Å². The van der Waals surface area contributed by atoms with Gasteiger partial charge in [-0.25, -0.2) is 4.39 Å². The molecule has 0 saturated carbocycles. The third-order valence-electron chi connectivity index (χ3n) is 4.71. The summed E-state index contributed by atoms with van der Waals surface area (Å²) < 4.78 is 13.3. The van der Waals surface area contributed by atoms with E-state index in [1.807, 2.05) is 11.0 Å². The number of carbonyl (C=O) groups excluding carboxylic acids is 1. The summed E-state index contributed by atoms with van der Waals surface area (Å²) in [5, 5.41) is 0.773. The minimum Gasteiger partial charge on any atom is -0.334 e. The first kappa shape index (κ1) is 21.6. The molecule has 7 heteroatoms. The molecule has 1 aromatic heterocycles. The molecule has 0 radical (unpaired) electrons. The number of fused-ring (bicyclic) bond motifs is 1. The van der Waals surface area contributed by atoms with E-state index in [1.54, 1.807) is 13.0 Å². The molecular weight excluding hydrogens is 364 g/mol. The summed E-state index contributed by atoms with van der Waals surface area (Å²) >= 11 is 0. The van der Waals surface area contributed by atoms with E-state index in [0.717, 1.165) is 24.8 Å². The van der Waals surface area contributed by atoms with Crippen LogP contribution in [-0.4, -0.2) is 34.9 Å². The van der Waals surface area contributed by atoms with Crippen molar-refractivity contribution in [2.24, 2.45) is 11.7 Å². The van der Waals surface area contributed by atoms with Crippen LogP contribution in [0.2, 0.25) is 0 Å². The number of hydrogen-bond acceptors (Lipinski definition) is 3. The molecule has 1 aliphatic heterocycles. The fraction of sp³-hybridized carbons (Fsp3) is 0.444. The van der Waals surface area contributed by atoms with Crippen molar-refractivity contribution in [3.8, 4) is 0 Å². The van der Waals surface area contributed by atoms with Crippen molar-refractivity contribution in [2.45, 2.75) is 32.7 Å². The van der Waals surface area contributed by atoms with Crippen molar-refractivity contribution in [3.05, 3.63) is 41.3 Å². The van der Waals surface area contributed by atoms with E-state index in [4.69, 9.17) is 5.73 Å². The number of aromatic nitrogens is 1. The largest absolute Gasteiger partial charge is 0.334 e. The second-order valence-electron chi connectivity index (χ2n) is 6.48. The lowest BCUT2D eigenvalue weighted by molar-refractivity contribution is 0.0572. The highest BCUT2D eigenvalue weighted by atomic mass is 35.5. The Morgan fingerprint density at radius 1 is 1.36 bits per heavy atom. The molecule has 2 aromatic rings. The first-order chi connectivity index (χ1) is 11.0. The van der Waals surface area contributed by atoms with Crippen molar-refractivity contribution in [3.63, 3.8) is 0 Å². The molecule has 0 bridgehead atoms. The first-order valence-corrected chi connectivity index (χ1v) is 8.07. The van der Waals surface area contributed by atoms with Gasteiger partial charge >= 0.3 is 0 Å². The molecular formula is C18H24Cl2FN3O. The van der Waals surface area contributed by atoms with Crippen molar-refractivity contribution in [1.82, 2.24) is 9.88 Å². The van der Waals surface area contributed by atoms with Crippen LogP contribution in [0.5, 0.6) is 0 Å². The zero-order valence-corrected chi connectivity index (χ0v) is 16.0. The number of benzene rings is 1. The minimum atomic E-state index is -0.323. The standard InChI is InChI=1S/C18H22FN3O.2ClH/c1-11-5-6-22(15(7-11)10-20)18(23)16-8-13-3-4-14(19)9-17(13)21-12(16)2;;/h3-4,8-9,11,15H,5-7,10,20H2,1-2H3;2*1H. The number of piperidine rings is 1. The maximum Gasteiger partial charge on any atom is 0.256 e. The molecule has 1 aromatic carbocycles. The number of nitrogens with two attached hydrogens (primary N) is 1.